The number of methoxy groups -OCH3 is 1. The number of ether oxygens (including phenoxy) is 1. The van der Waals surface area contributed by atoms with Crippen molar-refractivity contribution in [3.63, 3.8) is 0 Å². The van der Waals surface area contributed by atoms with Gasteiger partial charge in [-0.1, -0.05) is 13.3 Å². The number of piperidine rings is 1. The normalized spacial score (nSPS) is 19.3. The first-order chi connectivity index (χ1) is 10.3. The van der Waals surface area contributed by atoms with Crippen LogP contribution in [0.5, 0.6) is 5.75 Å². The van der Waals surface area contributed by atoms with E-state index in [1.165, 1.54) is 25.8 Å². The number of rotatable bonds is 7. The molecule has 1 aliphatic heterocycles. The number of nitrogens with zero attached hydrogens (tertiary/aromatic N) is 3. The SMILES string of the molecule is CCCNc1ncnc(NCC2CCCCN2C)c1OC. The molecule has 2 heterocycles. The first-order valence-corrected chi connectivity index (χ1v) is 7.83. The molecule has 1 fully saturated rings. The van der Waals surface area contributed by atoms with E-state index < -0.39 is 0 Å². The molecule has 1 aliphatic rings. The molecule has 2 rings (SSSR count). The highest BCUT2D eigenvalue weighted by Crippen LogP contribution is 2.29. The zero-order chi connectivity index (χ0) is 15.1. The maximum absolute atomic E-state index is 5.48. The van der Waals surface area contributed by atoms with Gasteiger partial charge in [0.15, 0.2) is 11.6 Å². The van der Waals surface area contributed by atoms with Gasteiger partial charge in [0.1, 0.15) is 6.33 Å². The minimum absolute atomic E-state index is 0.561. The van der Waals surface area contributed by atoms with Gasteiger partial charge in [-0.15, -0.1) is 0 Å². The lowest BCUT2D eigenvalue weighted by molar-refractivity contribution is 0.194. The Morgan fingerprint density at radius 3 is 2.71 bits per heavy atom. The van der Waals surface area contributed by atoms with Crippen molar-refractivity contribution in [3.8, 4) is 5.75 Å². The van der Waals surface area contributed by atoms with Crippen molar-refractivity contribution in [1.29, 1.82) is 0 Å². The third-order valence-electron chi connectivity index (χ3n) is 3.98. The summed E-state index contributed by atoms with van der Waals surface area (Å²) < 4.78 is 5.48. The lowest BCUT2D eigenvalue weighted by Crippen LogP contribution is -2.40. The van der Waals surface area contributed by atoms with E-state index in [0.717, 1.165) is 31.1 Å². The highest BCUT2D eigenvalue weighted by Gasteiger charge is 2.20. The van der Waals surface area contributed by atoms with Crippen molar-refractivity contribution < 1.29 is 4.74 Å². The van der Waals surface area contributed by atoms with E-state index in [-0.39, 0.29) is 0 Å². The Hall–Kier alpha value is -1.56. The van der Waals surface area contributed by atoms with Gasteiger partial charge in [-0.05, 0) is 32.9 Å². The van der Waals surface area contributed by atoms with Crippen LogP contribution in [-0.4, -0.2) is 54.7 Å². The first-order valence-electron chi connectivity index (χ1n) is 7.83. The zero-order valence-electron chi connectivity index (χ0n) is 13.4. The highest BCUT2D eigenvalue weighted by atomic mass is 16.5. The second kappa shape index (κ2) is 8.02. The number of nitrogens with one attached hydrogen (secondary N) is 2. The van der Waals surface area contributed by atoms with Crippen LogP contribution in [-0.2, 0) is 0 Å². The molecule has 2 N–H and O–H groups in total. The summed E-state index contributed by atoms with van der Waals surface area (Å²) in [5, 5.41) is 6.70. The summed E-state index contributed by atoms with van der Waals surface area (Å²) in [6, 6.07) is 0.561. The van der Waals surface area contributed by atoms with E-state index in [2.05, 4.69) is 39.5 Å². The van der Waals surface area contributed by atoms with Gasteiger partial charge in [-0.25, -0.2) is 9.97 Å². The summed E-state index contributed by atoms with van der Waals surface area (Å²) in [6.07, 6.45) is 6.46. The van der Waals surface area contributed by atoms with Gasteiger partial charge in [0.2, 0.25) is 5.75 Å². The molecule has 6 heteroatoms. The summed E-state index contributed by atoms with van der Waals surface area (Å²) in [5.41, 5.74) is 0. The van der Waals surface area contributed by atoms with Crippen molar-refractivity contribution in [2.24, 2.45) is 0 Å². The molecule has 0 aliphatic carbocycles. The molecule has 0 bridgehead atoms. The van der Waals surface area contributed by atoms with E-state index in [0.29, 0.717) is 11.8 Å². The Morgan fingerprint density at radius 2 is 2.05 bits per heavy atom. The van der Waals surface area contributed by atoms with E-state index in [1.807, 2.05) is 0 Å². The maximum atomic E-state index is 5.48. The van der Waals surface area contributed by atoms with Gasteiger partial charge >= 0.3 is 0 Å². The molecule has 0 aromatic carbocycles. The molecule has 1 saturated heterocycles. The van der Waals surface area contributed by atoms with Crippen molar-refractivity contribution in [2.75, 3.05) is 44.4 Å². The maximum Gasteiger partial charge on any atom is 0.204 e. The number of likely N-dealkylation sites (tertiary alicyclic amines) is 1. The molecule has 0 radical (unpaired) electrons. The van der Waals surface area contributed by atoms with Crippen LogP contribution in [0, 0.1) is 0 Å². The van der Waals surface area contributed by atoms with E-state index in [9.17, 15) is 0 Å². The smallest absolute Gasteiger partial charge is 0.204 e. The Morgan fingerprint density at radius 1 is 1.29 bits per heavy atom. The molecule has 0 amide bonds. The minimum atomic E-state index is 0.561. The van der Waals surface area contributed by atoms with Crippen LogP contribution in [0.15, 0.2) is 6.33 Å². The molecular formula is C15H27N5O. The molecule has 21 heavy (non-hydrogen) atoms. The standard InChI is InChI=1S/C15H27N5O/c1-4-8-16-14-13(21-3)15(19-11-18-14)17-10-12-7-5-6-9-20(12)2/h11-12H,4-10H2,1-3H3,(H2,16,17,18,19). The van der Waals surface area contributed by atoms with Gasteiger partial charge in [-0.3, -0.25) is 0 Å². The monoisotopic (exact) mass is 293 g/mol. The van der Waals surface area contributed by atoms with Crippen molar-refractivity contribution in [1.82, 2.24) is 14.9 Å². The number of hydrogen-bond donors (Lipinski definition) is 2. The Labute approximate surface area is 127 Å². The number of aromatic nitrogens is 2. The fourth-order valence-electron chi connectivity index (χ4n) is 2.68. The predicted molar refractivity (Wildman–Crippen MR) is 86.1 cm³/mol. The van der Waals surface area contributed by atoms with Gasteiger partial charge in [-0.2, -0.15) is 0 Å². The number of likely N-dealkylation sites (N-methyl/N-ethyl adjacent to an activating group) is 1. The van der Waals surface area contributed by atoms with Crippen LogP contribution >= 0.6 is 0 Å². The molecule has 6 nitrogen and oxygen atoms in total. The first kappa shape index (κ1) is 15.8. The molecule has 1 unspecified atom stereocenters. The Balaban J connectivity index is 2.01. The van der Waals surface area contributed by atoms with Crippen LogP contribution in [0.4, 0.5) is 11.6 Å². The molecular weight excluding hydrogens is 266 g/mol. The minimum Gasteiger partial charge on any atom is -0.490 e. The molecule has 1 aromatic heterocycles. The molecule has 118 valence electrons. The van der Waals surface area contributed by atoms with Crippen LogP contribution in [0.3, 0.4) is 0 Å². The molecule has 1 aromatic rings. The second-order valence-corrected chi connectivity index (χ2v) is 5.54. The molecule has 0 spiro atoms. The number of anilines is 2. The van der Waals surface area contributed by atoms with E-state index in [1.54, 1.807) is 13.4 Å². The molecule has 1 atom stereocenters. The zero-order valence-corrected chi connectivity index (χ0v) is 13.4. The van der Waals surface area contributed by atoms with Crippen molar-refractivity contribution in [3.05, 3.63) is 6.33 Å². The van der Waals surface area contributed by atoms with E-state index >= 15 is 0 Å². The fourth-order valence-corrected chi connectivity index (χ4v) is 2.68. The van der Waals surface area contributed by atoms with Gasteiger partial charge in [0.05, 0.1) is 7.11 Å². The molecule has 0 saturated carbocycles. The van der Waals surface area contributed by atoms with Gasteiger partial charge in [0, 0.05) is 19.1 Å². The Bertz CT molecular complexity index is 440. The third-order valence-corrected chi connectivity index (χ3v) is 3.98. The number of hydrogen-bond acceptors (Lipinski definition) is 6. The largest absolute Gasteiger partial charge is 0.490 e. The van der Waals surface area contributed by atoms with Crippen LogP contribution in [0.2, 0.25) is 0 Å². The van der Waals surface area contributed by atoms with E-state index in [4.69, 9.17) is 4.74 Å². The summed E-state index contributed by atoms with van der Waals surface area (Å²) in [7, 11) is 3.85. The van der Waals surface area contributed by atoms with Gasteiger partial charge < -0.3 is 20.3 Å². The summed E-state index contributed by atoms with van der Waals surface area (Å²) in [6.45, 7) is 5.06. The summed E-state index contributed by atoms with van der Waals surface area (Å²) >= 11 is 0. The van der Waals surface area contributed by atoms with Crippen LogP contribution in [0.1, 0.15) is 32.6 Å². The van der Waals surface area contributed by atoms with Crippen molar-refractivity contribution >= 4 is 11.6 Å². The average Bonchev–Trinajstić information content (AvgIpc) is 2.52. The third kappa shape index (κ3) is 4.20. The lowest BCUT2D eigenvalue weighted by Gasteiger charge is -2.32. The van der Waals surface area contributed by atoms with Crippen LogP contribution in [0.25, 0.3) is 0 Å². The fraction of sp³-hybridized carbons (Fsp3) is 0.733. The predicted octanol–water partition coefficient (Wildman–Crippen LogP) is 2.20. The average molecular weight is 293 g/mol. The summed E-state index contributed by atoms with van der Waals surface area (Å²) in [4.78, 5) is 11.0. The quantitative estimate of drug-likeness (QED) is 0.803. The highest BCUT2D eigenvalue weighted by molar-refractivity contribution is 5.63. The van der Waals surface area contributed by atoms with Gasteiger partial charge in [0.25, 0.3) is 0 Å². The van der Waals surface area contributed by atoms with Crippen LogP contribution < -0.4 is 15.4 Å². The Kier molecular flexibility index (Phi) is 6.04. The second-order valence-electron chi connectivity index (χ2n) is 5.54. The lowest BCUT2D eigenvalue weighted by atomic mass is 10.0. The topological polar surface area (TPSA) is 62.3 Å². The summed E-state index contributed by atoms with van der Waals surface area (Å²) in [5.74, 6) is 2.23. The van der Waals surface area contributed by atoms with Crippen molar-refractivity contribution in [2.45, 2.75) is 38.6 Å².